The average molecular weight is 320 g/mol. The molecule has 1 aromatic heterocycles. The molecule has 1 N–H and O–H groups in total. The predicted octanol–water partition coefficient (Wildman–Crippen LogP) is 6.31. The van der Waals surface area contributed by atoms with Crippen molar-refractivity contribution in [1.29, 1.82) is 0 Å². The molecule has 3 heteroatoms. The van der Waals surface area contributed by atoms with Gasteiger partial charge in [0.05, 0.1) is 6.21 Å². The summed E-state index contributed by atoms with van der Waals surface area (Å²) in [5.74, 6) is 0.857. The van der Waals surface area contributed by atoms with Crippen LogP contribution in [0.25, 0.3) is 0 Å². The first-order valence-electron chi connectivity index (χ1n) is 9.92. The minimum Gasteiger partial charge on any atom is -0.344 e. The van der Waals surface area contributed by atoms with E-state index in [1.807, 2.05) is 12.4 Å². The van der Waals surface area contributed by atoms with Gasteiger partial charge in [-0.05, 0) is 6.42 Å². The van der Waals surface area contributed by atoms with E-state index in [4.69, 9.17) is 0 Å². The first kappa shape index (κ1) is 19.9. The molecule has 0 saturated carbocycles. The van der Waals surface area contributed by atoms with Gasteiger partial charge >= 0.3 is 0 Å². The Morgan fingerprint density at radius 1 is 0.826 bits per heavy atom. The highest BCUT2D eigenvalue weighted by Gasteiger charge is 1.94. The number of nitrogens with zero attached hydrogens (tertiary/aromatic N) is 2. The third kappa shape index (κ3) is 13.1. The van der Waals surface area contributed by atoms with Gasteiger partial charge in [0.2, 0.25) is 0 Å². The number of aromatic amines is 1. The summed E-state index contributed by atoms with van der Waals surface area (Å²) in [5, 5.41) is 0. The van der Waals surface area contributed by atoms with Gasteiger partial charge in [0.15, 0.2) is 0 Å². The number of rotatable bonds is 16. The SMILES string of the molecule is CCCCCCCCCCCCCCCCN=Cc1ncc[nH]1. The molecule has 0 amide bonds. The van der Waals surface area contributed by atoms with E-state index in [2.05, 4.69) is 21.9 Å². The van der Waals surface area contributed by atoms with Crippen LogP contribution >= 0.6 is 0 Å². The van der Waals surface area contributed by atoms with Crippen LogP contribution in [0.5, 0.6) is 0 Å². The van der Waals surface area contributed by atoms with E-state index in [1.165, 1.54) is 89.9 Å². The monoisotopic (exact) mass is 319 g/mol. The van der Waals surface area contributed by atoms with Crippen molar-refractivity contribution >= 4 is 6.21 Å². The highest BCUT2D eigenvalue weighted by atomic mass is 14.9. The third-order valence-corrected chi connectivity index (χ3v) is 4.37. The molecule has 0 bridgehead atoms. The van der Waals surface area contributed by atoms with Crippen molar-refractivity contribution in [3.05, 3.63) is 18.2 Å². The number of aromatic nitrogens is 2. The van der Waals surface area contributed by atoms with Crippen LogP contribution in [0.1, 0.15) is 103 Å². The van der Waals surface area contributed by atoms with Gasteiger partial charge in [-0.25, -0.2) is 4.98 Å². The van der Waals surface area contributed by atoms with E-state index in [9.17, 15) is 0 Å². The fourth-order valence-electron chi connectivity index (χ4n) is 2.90. The molecule has 1 rings (SSSR count). The van der Waals surface area contributed by atoms with Crippen LogP contribution in [0.15, 0.2) is 17.4 Å². The molecule has 0 spiro atoms. The Hall–Kier alpha value is -1.12. The number of hydrogen-bond donors (Lipinski definition) is 1. The molecule has 1 heterocycles. The van der Waals surface area contributed by atoms with Crippen molar-refractivity contribution in [2.75, 3.05) is 6.54 Å². The van der Waals surface area contributed by atoms with Gasteiger partial charge in [-0.1, -0.05) is 90.4 Å². The second kappa shape index (κ2) is 15.8. The van der Waals surface area contributed by atoms with Crippen LogP contribution in [0.3, 0.4) is 0 Å². The maximum absolute atomic E-state index is 4.39. The lowest BCUT2D eigenvalue weighted by Gasteiger charge is -2.02. The Balaban J connectivity index is 1.71. The summed E-state index contributed by atoms with van der Waals surface area (Å²) >= 11 is 0. The molecule has 3 nitrogen and oxygen atoms in total. The average Bonchev–Trinajstić information content (AvgIpc) is 3.08. The van der Waals surface area contributed by atoms with Gasteiger partial charge in [-0.3, -0.25) is 4.99 Å². The summed E-state index contributed by atoms with van der Waals surface area (Å²) in [6, 6.07) is 0. The molecular formula is C20H37N3. The number of hydrogen-bond acceptors (Lipinski definition) is 2. The summed E-state index contributed by atoms with van der Waals surface area (Å²) in [4.78, 5) is 11.5. The smallest absolute Gasteiger partial charge is 0.147 e. The van der Waals surface area contributed by atoms with Crippen LogP contribution < -0.4 is 0 Å². The first-order valence-corrected chi connectivity index (χ1v) is 9.92. The lowest BCUT2D eigenvalue weighted by Crippen LogP contribution is -1.88. The van der Waals surface area contributed by atoms with Gasteiger partial charge in [-0.15, -0.1) is 0 Å². The molecule has 0 radical (unpaired) electrons. The zero-order chi connectivity index (χ0) is 16.4. The maximum Gasteiger partial charge on any atom is 0.147 e. The quantitative estimate of drug-likeness (QED) is 0.281. The highest BCUT2D eigenvalue weighted by molar-refractivity contribution is 5.74. The summed E-state index contributed by atoms with van der Waals surface area (Å²) < 4.78 is 0. The van der Waals surface area contributed by atoms with Crippen molar-refractivity contribution in [2.24, 2.45) is 4.99 Å². The minimum absolute atomic E-state index is 0.857. The molecule has 0 unspecified atom stereocenters. The number of H-pyrrole nitrogens is 1. The molecule has 0 aliphatic heterocycles. The molecule has 23 heavy (non-hydrogen) atoms. The minimum atomic E-state index is 0.857. The van der Waals surface area contributed by atoms with Gasteiger partial charge in [0.1, 0.15) is 5.82 Å². The maximum atomic E-state index is 4.39. The van der Waals surface area contributed by atoms with Gasteiger partial charge in [0.25, 0.3) is 0 Å². The molecule has 0 aliphatic rings. The van der Waals surface area contributed by atoms with E-state index < -0.39 is 0 Å². The van der Waals surface area contributed by atoms with Crippen molar-refractivity contribution in [2.45, 2.75) is 96.8 Å². The zero-order valence-electron chi connectivity index (χ0n) is 15.2. The summed E-state index contributed by atoms with van der Waals surface area (Å²) in [5.41, 5.74) is 0. The molecule has 0 aromatic carbocycles. The van der Waals surface area contributed by atoms with Crippen LogP contribution in [0.4, 0.5) is 0 Å². The van der Waals surface area contributed by atoms with Crippen molar-refractivity contribution < 1.29 is 0 Å². The Morgan fingerprint density at radius 3 is 1.83 bits per heavy atom. The van der Waals surface area contributed by atoms with Crippen molar-refractivity contribution in [1.82, 2.24) is 9.97 Å². The van der Waals surface area contributed by atoms with Gasteiger partial charge in [0, 0.05) is 18.9 Å². The van der Waals surface area contributed by atoms with E-state index in [-0.39, 0.29) is 0 Å². The molecule has 132 valence electrons. The third-order valence-electron chi connectivity index (χ3n) is 4.37. The number of imidazole rings is 1. The Kier molecular flexibility index (Phi) is 13.7. The lowest BCUT2D eigenvalue weighted by molar-refractivity contribution is 0.536. The largest absolute Gasteiger partial charge is 0.344 e. The van der Waals surface area contributed by atoms with Crippen molar-refractivity contribution in [3.63, 3.8) is 0 Å². The fraction of sp³-hybridized carbons (Fsp3) is 0.800. The topological polar surface area (TPSA) is 41.0 Å². The van der Waals surface area contributed by atoms with Gasteiger partial charge < -0.3 is 4.98 Å². The molecular weight excluding hydrogens is 282 g/mol. The van der Waals surface area contributed by atoms with E-state index in [0.29, 0.717) is 0 Å². The predicted molar refractivity (Wildman–Crippen MR) is 101 cm³/mol. The molecule has 0 fully saturated rings. The summed E-state index contributed by atoms with van der Waals surface area (Å²) in [6.45, 7) is 3.22. The normalized spacial score (nSPS) is 11.5. The second-order valence-corrected chi connectivity index (χ2v) is 6.61. The lowest BCUT2D eigenvalue weighted by atomic mass is 10.0. The number of unbranched alkanes of at least 4 members (excludes halogenated alkanes) is 13. The Morgan fingerprint density at radius 2 is 1.35 bits per heavy atom. The van der Waals surface area contributed by atoms with Crippen LogP contribution in [0.2, 0.25) is 0 Å². The van der Waals surface area contributed by atoms with Crippen LogP contribution in [-0.2, 0) is 0 Å². The van der Waals surface area contributed by atoms with E-state index in [0.717, 1.165) is 12.4 Å². The summed E-state index contributed by atoms with van der Waals surface area (Å²) in [6.07, 6.45) is 25.1. The highest BCUT2D eigenvalue weighted by Crippen LogP contribution is 2.12. The molecule has 0 aliphatic carbocycles. The fourth-order valence-corrected chi connectivity index (χ4v) is 2.90. The number of aliphatic imine (C=N–C) groups is 1. The van der Waals surface area contributed by atoms with Crippen molar-refractivity contribution in [3.8, 4) is 0 Å². The van der Waals surface area contributed by atoms with Gasteiger partial charge in [-0.2, -0.15) is 0 Å². The molecule has 0 saturated heterocycles. The zero-order valence-corrected chi connectivity index (χ0v) is 15.2. The summed E-state index contributed by atoms with van der Waals surface area (Å²) in [7, 11) is 0. The Labute approximate surface area is 143 Å². The van der Waals surface area contributed by atoms with E-state index >= 15 is 0 Å². The number of nitrogens with one attached hydrogen (secondary N) is 1. The second-order valence-electron chi connectivity index (χ2n) is 6.61. The van der Waals surface area contributed by atoms with E-state index in [1.54, 1.807) is 6.20 Å². The standard InChI is InChI=1S/C20H37N3/c1-2-3-4-5-6-7-8-9-10-11-12-13-14-15-16-21-19-20-22-17-18-23-20/h17-19H,2-16H2,1H3,(H,22,23). The Bertz CT molecular complexity index is 357. The first-order chi connectivity index (χ1) is 11.4. The molecule has 1 aromatic rings. The molecule has 0 atom stereocenters. The van der Waals surface area contributed by atoms with Crippen LogP contribution in [0, 0.1) is 0 Å². The van der Waals surface area contributed by atoms with Crippen LogP contribution in [-0.4, -0.2) is 22.7 Å².